The van der Waals surface area contributed by atoms with Gasteiger partial charge in [-0.1, -0.05) is 48.5 Å². The number of carbonyl (C=O) groups excluding carboxylic acids is 1. The number of rotatable bonds is 7. The Morgan fingerprint density at radius 1 is 0.962 bits per heavy atom. The van der Waals surface area contributed by atoms with Crippen LogP contribution in [-0.2, 0) is 17.9 Å². The van der Waals surface area contributed by atoms with Gasteiger partial charge in [0.2, 0.25) is 5.91 Å². The van der Waals surface area contributed by atoms with Crippen molar-refractivity contribution in [3.63, 3.8) is 0 Å². The fourth-order valence-electron chi connectivity index (χ4n) is 2.34. The lowest BCUT2D eigenvalue weighted by molar-refractivity contribution is -0.116. The van der Waals surface area contributed by atoms with E-state index in [1.54, 1.807) is 18.5 Å². The zero-order chi connectivity index (χ0) is 18.0. The van der Waals surface area contributed by atoms with Gasteiger partial charge >= 0.3 is 0 Å². The molecule has 0 fully saturated rings. The number of aromatic nitrogens is 1. The maximum absolute atomic E-state index is 11.9. The summed E-state index contributed by atoms with van der Waals surface area (Å²) >= 11 is 0. The smallest absolute Gasteiger partial charge is 0.244 e. The summed E-state index contributed by atoms with van der Waals surface area (Å²) in [6, 6.07) is 21.3. The summed E-state index contributed by atoms with van der Waals surface area (Å²) in [6.45, 7) is 0.996. The van der Waals surface area contributed by atoms with Gasteiger partial charge in [-0.2, -0.15) is 0 Å². The van der Waals surface area contributed by atoms with Crippen molar-refractivity contribution in [2.45, 2.75) is 13.2 Å². The number of hydrogen-bond donors (Lipinski definition) is 1. The lowest BCUT2D eigenvalue weighted by Gasteiger charge is -2.06. The third-order valence-electron chi connectivity index (χ3n) is 3.75. The molecule has 4 nitrogen and oxygen atoms in total. The Balaban J connectivity index is 1.47. The van der Waals surface area contributed by atoms with Crippen molar-refractivity contribution in [3.8, 4) is 5.75 Å². The number of amides is 1. The monoisotopic (exact) mass is 344 g/mol. The molecule has 0 spiro atoms. The Kier molecular flexibility index (Phi) is 6.15. The van der Waals surface area contributed by atoms with Gasteiger partial charge in [-0.15, -0.1) is 0 Å². The van der Waals surface area contributed by atoms with Gasteiger partial charge in [-0.05, 0) is 35.4 Å². The van der Waals surface area contributed by atoms with E-state index in [0.717, 1.165) is 22.4 Å². The van der Waals surface area contributed by atoms with E-state index in [4.69, 9.17) is 4.74 Å². The summed E-state index contributed by atoms with van der Waals surface area (Å²) in [6.07, 6.45) is 6.84. The average Bonchev–Trinajstić information content (AvgIpc) is 2.71. The van der Waals surface area contributed by atoms with Crippen molar-refractivity contribution in [2.75, 3.05) is 0 Å². The molecular weight excluding hydrogens is 324 g/mol. The Bertz CT molecular complexity index is 844. The van der Waals surface area contributed by atoms with Gasteiger partial charge in [0.1, 0.15) is 12.4 Å². The van der Waals surface area contributed by atoms with E-state index in [9.17, 15) is 4.79 Å². The summed E-state index contributed by atoms with van der Waals surface area (Å²) < 4.78 is 5.72. The van der Waals surface area contributed by atoms with Crippen LogP contribution in [-0.4, -0.2) is 10.9 Å². The Morgan fingerprint density at radius 2 is 1.73 bits per heavy atom. The molecule has 0 aliphatic heterocycles. The van der Waals surface area contributed by atoms with Crippen molar-refractivity contribution in [3.05, 3.63) is 102 Å². The van der Waals surface area contributed by atoms with Crippen LogP contribution in [0.4, 0.5) is 0 Å². The molecule has 130 valence electrons. The van der Waals surface area contributed by atoms with Crippen molar-refractivity contribution >= 4 is 12.0 Å². The van der Waals surface area contributed by atoms with Crippen LogP contribution < -0.4 is 10.1 Å². The lowest BCUT2D eigenvalue weighted by atomic mass is 10.2. The van der Waals surface area contributed by atoms with Crippen LogP contribution in [0.15, 0.2) is 85.2 Å². The molecular formula is C22H20N2O2. The molecule has 0 atom stereocenters. The molecule has 1 N–H and O–H groups in total. The molecule has 3 rings (SSSR count). The first-order valence-corrected chi connectivity index (χ1v) is 8.41. The minimum absolute atomic E-state index is 0.120. The van der Waals surface area contributed by atoms with Crippen LogP contribution in [0.2, 0.25) is 0 Å². The van der Waals surface area contributed by atoms with Crippen LogP contribution in [0.1, 0.15) is 16.7 Å². The molecule has 0 aliphatic rings. The van der Waals surface area contributed by atoms with E-state index in [1.807, 2.05) is 66.7 Å². The number of hydrogen-bond acceptors (Lipinski definition) is 3. The van der Waals surface area contributed by atoms with E-state index in [2.05, 4.69) is 10.3 Å². The van der Waals surface area contributed by atoms with E-state index in [0.29, 0.717) is 13.2 Å². The van der Waals surface area contributed by atoms with Crippen LogP contribution in [0, 0.1) is 0 Å². The van der Waals surface area contributed by atoms with E-state index in [1.165, 1.54) is 6.08 Å². The molecule has 1 heterocycles. The largest absolute Gasteiger partial charge is 0.489 e. The number of ether oxygens (including phenoxy) is 1. The average molecular weight is 344 g/mol. The number of benzene rings is 2. The highest BCUT2D eigenvalue weighted by atomic mass is 16.5. The van der Waals surface area contributed by atoms with Gasteiger partial charge in [0.15, 0.2) is 0 Å². The van der Waals surface area contributed by atoms with Crippen molar-refractivity contribution in [1.29, 1.82) is 0 Å². The number of nitrogens with one attached hydrogen (secondary N) is 1. The first kappa shape index (κ1) is 17.4. The normalized spacial score (nSPS) is 10.6. The molecule has 1 aromatic heterocycles. The van der Waals surface area contributed by atoms with Crippen LogP contribution in [0.3, 0.4) is 0 Å². The molecule has 26 heavy (non-hydrogen) atoms. The summed E-state index contributed by atoms with van der Waals surface area (Å²) in [5, 5.41) is 2.86. The quantitative estimate of drug-likeness (QED) is 0.659. The second-order valence-electron chi connectivity index (χ2n) is 5.76. The maximum atomic E-state index is 11.9. The Hall–Kier alpha value is -3.40. The van der Waals surface area contributed by atoms with Gasteiger partial charge in [-0.25, -0.2) is 0 Å². The molecule has 2 aromatic carbocycles. The van der Waals surface area contributed by atoms with Gasteiger partial charge in [0, 0.05) is 30.6 Å². The third-order valence-corrected chi connectivity index (χ3v) is 3.75. The molecule has 0 unspecified atom stereocenters. The van der Waals surface area contributed by atoms with E-state index >= 15 is 0 Å². The predicted octanol–water partition coefficient (Wildman–Crippen LogP) is 3.99. The molecule has 0 bridgehead atoms. The highest BCUT2D eigenvalue weighted by Gasteiger charge is 1.98. The highest BCUT2D eigenvalue weighted by Crippen LogP contribution is 2.14. The van der Waals surface area contributed by atoms with Crippen LogP contribution >= 0.6 is 0 Å². The van der Waals surface area contributed by atoms with Crippen LogP contribution in [0.5, 0.6) is 5.75 Å². The highest BCUT2D eigenvalue weighted by molar-refractivity contribution is 5.91. The van der Waals surface area contributed by atoms with Crippen molar-refractivity contribution in [2.24, 2.45) is 0 Å². The maximum Gasteiger partial charge on any atom is 0.244 e. The van der Waals surface area contributed by atoms with Gasteiger partial charge < -0.3 is 10.1 Å². The first-order chi connectivity index (χ1) is 12.8. The Morgan fingerprint density at radius 3 is 2.46 bits per heavy atom. The molecule has 0 aliphatic carbocycles. The molecule has 0 saturated carbocycles. The minimum Gasteiger partial charge on any atom is -0.489 e. The number of nitrogens with zero attached hydrogens (tertiary/aromatic N) is 1. The van der Waals surface area contributed by atoms with E-state index in [-0.39, 0.29) is 5.91 Å². The Labute approximate surface area is 153 Å². The third kappa shape index (κ3) is 5.60. The SMILES string of the molecule is O=C(/C=C/c1ccc(OCc2cccnc2)cc1)NCc1ccccc1. The summed E-state index contributed by atoms with van der Waals surface area (Å²) in [5.41, 5.74) is 3.03. The minimum atomic E-state index is -0.120. The summed E-state index contributed by atoms with van der Waals surface area (Å²) in [5.74, 6) is 0.658. The fourth-order valence-corrected chi connectivity index (χ4v) is 2.34. The second-order valence-corrected chi connectivity index (χ2v) is 5.76. The molecule has 0 saturated heterocycles. The zero-order valence-electron chi connectivity index (χ0n) is 14.3. The summed E-state index contributed by atoms with van der Waals surface area (Å²) in [4.78, 5) is 15.9. The molecule has 0 radical (unpaired) electrons. The standard InChI is InChI=1S/C22H20N2O2/c25-22(24-16-19-5-2-1-3-6-19)13-10-18-8-11-21(12-9-18)26-17-20-7-4-14-23-15-20/h1-15H,16-17H2,(H,24,25)/b13-10+. The molecule has 1 amide bonds. The predicted molar refractivity (Wildman–Crippen MR) is 102 cm³/mol. The van der Waals surface area contributed by atoms with Gasteiger partial charge in [0.05, 0.1) is 0 Å². The zero-order valence-corrected chi connectivity index (χ0v) is 14.3. The van der Waals surface area contributed by atoms with Crippen molar-refractivity contribution < 1.29 is 9.53 Å². The molecule has 3 aromatic rings. The van der Waals surface area contributed by atoms with E-state index < -0.39 is 0 Å². The number of carbonyl (C=O) groups is 1. The van der Waals surface area contributed by atoms with Crippen molar-refractivity contribution in [1.82, 2.24) is 10.3 Å². The van der Waals surface area contributed by atoms with Gasteiger partial charge in [-0.3, -0.25) is 9.78 Å². The lowest BCUT2D eigenvalue weighted by Crippen LogP contribution is -2.20. The topological polar surface area (TPSA) is 51.2 Å². The molecule has 4 heteroatoms. The first-order valence-electron chi connectivity index (χ1n) is 8.41. The summed E-state index contributed by atoms with van der Waals surface area (Å²) in [7, 11) is 0. The van der Waals surface area contributed by atoms with Crippen LogP contribution in [0.25, 0.3) is 6.08 Å². The van der Waals surface area contributed by atoms with Gasteiger partial charge in [0.25, 0.3) is 0 Å². The fraction of sp³-hybridized carbons (Fsp3) is 0.0909. The number of pyridine rings is 1. The second kappa shape index (κ2) is 9.18.